The van der Waals surface area contributed by atoms with E-state index in [0.717, 1.165) is 63.7 Å². The zero-order valence-electron chi connectivity index (χ0n) is 34.7. The molecule has 0 aromatic carbocycles. The lowest BCUT2D eigenvalue weighted by atomic mass is 10.0. The molecule has 0 aliphatic heterocycles. The summed E-state index contributed by atoms with van der Waals surface area (Å²) in [5, 5.41) is 28.4. The van der Waals surface area contributed by atoms with E-state index in [9.17, 15) is 29.3 Å². The van der Waals surface area contributed by atoms with E-state index in [4.69, 9.17) is 19.1 Å². The van der Waals surface area contributed by atoms with Gasteiger partial charge in [-0.3, -0.25) is 18.6 Å². The van der Waals surface area contributed by atoms with Gasteiger partial charge in [-0.05, 0) is 38.0 Å². The predicted octanol–water partition coefficient (Wildman–Crippen LogP) is 10.00. The van der Waals surface area contributed by atoms with E-state index in [0.29, 0.717) is 19.3 Å². The van der Waals surface area contributed by atoms with Crippen molar-refractivity contribution >= 4 is 19.8 Å². The number of hydrogen-bond donors (Lipinski definition) is 4. The van der Waals surface area contributed by atoms with Gasteiger partial charge in [0.2, 0.25) is 0 Å². The van der Waals surface area contributed by atoms with Crippen LogP contribution in [0.3, 0.4) is 0 Å². The molecule has 11 nitrogen and oxygen atoms in total. The third-order valence-electron chi connectivity index (χ3n) is 9.09. The predicted molar refractivity (Wildman–Crippen MR) is 220 cm³/mol. The summed E-state index contributed by atoms with van der Waals surface area (Å²) in [7, 11) is -4.64. The first-order valence-corrected chi connectivity index (χ1v) is 22.9. The van der Waals surface area contributed by atoms with Gasteiger partial charge in [0.15, 0.2) is 6.10 Å². The topological polar surface area (TPSA) is 169 Å². The molecule has 12 heteroatoms. The minimum atomic E-state index is -4.64. The first kappa shape index (κ1) is 53.1. The molecule has 2 unspecified atom stereocenters. The molecule has 0 aromatic rings. The van der Waals surface area contributed by atoms with E-state index in [-0.39, 0.29) is 19.4 Å². The Morgan fingerprint density at radius 2 is 1.15 bits per heavy atom. The molecular weight excluding hydrogens is 723 g/mol. The van der Waals surface area contributed by atoms with Crippen molar-refractivity contribution in [2.45, 2.75) is 193 Å². The van der Waals surface area contributed by atoms with Crippen molar-refractivity contribution < 1.29 is 52.9 Å². The highest BCUT2D eigenvalue weighted by Crippen LogP contribution is 2.43. The standard InChI is InChI=1S/C43H79O11P/c1-4-5-6-7-15-20-25-30-39(45)31-26-21-18-23-28-33-43(48)54-41(37-53-55(49,50)52-35-40(46)34-44)36-51-42(47)32-27-22-17-14-12-10-8-9-11-13-16-19-24-29-38(2)3/h5-6,15,20,25,30,38-41,44-46H,4,7-14,16-19,21-24,26-29,31-37H2,1-3H3,(H,49,50)/b6-5+,20-15+,30-25+/t39?,40-,41+/m0/s1. The molecule has 4 N–H and O–H groups in total. The van der Waals surface area contributed by atoms with Crippen LogP contribution in [-0.4, -0.2) is 76.9 Å². The number of phosphoric acid groups is 1. The zero-order chi connectivity index (χ0) is 40.8. The maximum atomic E-state index is 12.6. The van der Waals surface area contributed by atoms with Gasteiger partial charge in [-0.25, -0.2) is 4.57 Å². The Labute approximate surface area is 334 Å². The highest BCUT2D eigenvalue weighted by Gasteiger charge is 2.27. The summed E-state index contributed by atoms with van der Waals surface area (Å²) in [6.45, 7) is 4.47. The van der Waals surface area contributed by atoms with E-state index in [1.54, 1.807) is 6.08 Å². The van der Waals surface area contributed by atoms with E-state index >= 15 is 0 Å². The van der Waals surface area contributed by atoms with Crippen molar-refractivity contribution in [3.63, 3.8) is 0 Å². The zero-order valence-corrected chi connectivity index (χ0v) is 35.6. The fraction of sp³-hybridized carbons (Fsp3) is 0.814. The number of carbonyl (C=O) groups excluding carboxylic acids is 2. The first-order chi connectivity index (χ1) is 26.5. The number of carbonyl (C=O) groups is 2. The van der Waals surface area contributed by atoms with Crippen LogP contribution in [0.25, 0.3) is 0 Å². The Balaban J connectivity index is 4.37. The lowest BCUT2D eigenvalue weighted by Gasteiger charge is -2.20. The Morgan fingerprint density at radius 1 is 0.636 bits per heavy atom. The van der Waals surface area contributed by atoms with Gasteiger partial charge >= 0.3 is 19.8 Å². The summed E-state index contributed by atoms with van der Waals surface area (Å²) in [5.74, 6) is -0.187. The molecular formula is C43H79O11P. The second-order valence-corrected chi connectivity index (χ2v) is 16.5. The van der Waals surface area contributed by atoms with Crippen molar-refractivity contribution in [3.05, 3.63) is 36.5 Å². The molecule has 0 spiro atoms. The van der Waals surface area contributed by atoms with Crippen LogP contribution in [0, 0.1) is 5.92 Å². The highest BCUT2D eigenvalue weighted by molar-refractivity contribution is 7.47. The minimum absolute atomic E-state index is 0.115. The molecule has 0 radical (unpaired) electrons. The summed E-state index contributed by atoms with van der Waals surface area (Å²) in [5.41, 5.74) is 0. The Bertz CT molecular complexity index is 1050. The number of ether oxygens (including phenoxy) is 2. The Morgan fingerprint density at radius 3 is 1.69 bits per heavy atom. The quantitative estimate of drug-likeness (QED) is 0.0153. The number of allylic oxidation sites excluding steroid dienone is 5. The van der Waals surface area contributed by atoms with Gasteiger partial charge in [-0.2, -0.15) is 0 Å². The van der Waals surface area contributed by atoms with Gasteiger partial charge in [0, 0.05) is 12.8 Å². The molecule has 0 bridgehead atoms. The molecule has 0 saturated heterocycles. The van der Waals surface area contributed by atoms with Crippen LogP contribution in [0.15, 0.2) is 36.5 Å². The lowest BCUT2D eigenvalue weighted by molar-refractivity contribution is -0.161. The van der Waals surface area contributed by atoms with E-state index in [1.165, 1.54) is 64.2 Å². The summed E-state index contributed by atoms with van der Waals surface area (Å²) in [4.78, 5) is 35.0. The molecule has 0 aliphatic carbocycles. The van der Waals surface area contributed by atoms with Crippen LogP contribution >= 0.6 is 7.82 Å². The second-order valence-electron chi connectivity index (χ2n) is 15.0. The largest absolute Gasteiger partial charge is 0.472 e. The molecule has 4 atom stereocenters. The summed E-state index contributed by atoms with van der Waals surface area (Å²) < 4.78 is 32.6. The first-order valence-electron chi connectivity index (χ1n) is 21.4. The van der Waals surface area contributed by atoms with Crippen molar-refractivity contribution in [2.75, 3.05) is 26.4 Å². The van der Waals surface area contributed by atoms with Crippen LogP contribution in [-0.2, 0) is 32.7 Å². The number of aliphatic hydroxyl groups is 3. The third kappa shape index (κ3) is 38.8. The molecule has 0 aromatic heterocycles. The second kappa shape index (κ2) is 37.7. The van der Waals surface area contributed by atoms with Crippen LogP contribution in [0.4, 0.5) is 0 Å². The molecule has 0 amide bonds. The molecule has 0 aliphatic rings. The molecule has 0 heterocycles. The monoisotopic (exact) mass is 803 g/mol. The molecule has 322 valence electrons. The maximum absolute atomic E-state index is 12.6. The van der Waals surface area contributed by atoms with Gasteiger partial charge in [-0.1, -0.05) is 166 Å². The van der Waals surface area contributed by atoms with Gasteiger partial charge in [0.05, 0.1) is 25.9 Å². The summed E-state index contributed by atoms with van der Waals surface area (Å²) in [6, 6.07) is 0. The summed E-state index contributed by atoms with van der Waals surface area (Å²) >= 11 is 0. The van der Waals surface area contributed by atoms with E-state index < -0.39 is 57.9 Å². The number of unbranched alkanes of at least 4 members (excludes halogenated alkanes) is 16. The number of phosphoric ester groups is 1. The Hall–Kier alpha value is -1.85. The molecule has 0 rings (SSSR count). The SMILES string of the molecule is CC/C=C/C/C=C/C=C/C(O)CCCCCCCC(=O)O[C@H](COC(=O)CCCCCCCCCCCCCCCC(C)C)COP(=O)(O)OC[C@@H](O)CO. The van der Waals surface area contributed by atoms with Crippen LogP contribution in [0.5, 0.6) is 0 Å². The van der Waals surface area contributed by atoms with Crippen molar-refractivity contribution in [1.29, 1.82) is 0 Å². The molecule has 55 heavy (non-hydrogen) atoms. The average Bonchev–Trinajstić information content (AvgIpc) is 3.15. The fourth-order valence-corrected chi connectivity index (χ4v) is 6.56. The van der Waals surface area contributed by atoms with Gasteiger partial charge in [0.1, 0.15) is 12.7 Å². The maximum Gasteiger partial charge on any atom is 0.472 e. The third-order valence-corrected chi connectivity index (χ3v) is 10.0. The highest BCUT2D eigenvalue weighted by atomic mass is 31.2. The minimum Gasteiger partial charge on any atom is -0.462 e. The number of aliphatic hydroxyl groups excluding tert-OH is 3. The molecule has 0 fully saturated rings. The number of hydrogen-bond acceptors (Lipinski definition) is 10. The van der Waals surface area contributed by atoms with Gasteiger partial charge < -0.3 is 29.7 Å². The number of rotatable bonds is 39. The van der Waals surface area contributed by atoms with E-state index in [2.05, 4.69) is 37.4 Å². The normalized spacial score (nSPS) is 14.9. The van der Waals surface area contributed by atoms with Crippen molar-refractivity contribution in [1.82, 2.24) is 0 Å². The average molecular weight is 803 g/mol. The summed E-state index contributed by atoms with van der Waals surface area (Å²) in [6.07, 6.45) is 32.8. The van der Waals surface area contributed by atoms with Crippen LogP contribution in [0.1, 0.15) is 175 Å². The van der Waals surface area contributed by atoms with E-state index in [1.807, 2.05) is 18.2 Å². The Kier molecular flexibility index (Phi) is 36.4. The van der Waals surface area contributed by atoms with Gasteiger partial charge in [-0.15, -0.1) is 0 Å². The van der Waals surface area contributed by atoms with Gasteiger partial charge in [0.25, 0.3) is 0 Å². The number of esters is 2. The van der Waals surface area contributed by atoms with Crippen molar-refractivity contribution in [2.24, 2.45) is 5.92 Å². The fourth-order valence-electron chi connectivity index (χ4n) is 5.77. The molecule has 0 saturated carbocycles. The van der Waals surface area contributed by atoms with Crippen molar-refractivity contribution in [3.8, 4) is 0 Å². The lowest BCUT2D eigenvalue weighted by Crippen LogP contribution is -2.29. The van der Waals surface area contributed by atoms with Crippen LogP contribution < -0.4 is 0 Å². The van der Waals surface area contributed by atoms with Crippen LogP contribution in [0.2, 0.25) is 0 Å². The smallest absolute Gasteiger partial charge is 0.462 e.